The first-order chi connectivity index (χ1) is 6.99. The lowest BCUT2D eigenvalue weighted by Gasteiger charge is -2.22. The molecule has 0 aromatic heterocycles. The Morgan fingerprint density at radius 2 is 2.27 bits per heavy atom. The molecular weight excluding hydrogens is 200 g/mol. The SMILES string of the molecule is CC1(C)OC[C@H](C(O)C2CCOC2=O)O1. The molecule has 2 aliphatic rings. The summed E-state index contributed by atoms with van der Waals surface area (Å²) in [5.41, 5.74) is 0. The highest BCUT2D eigenvalue weighted by atomic mass is 16.7. The smallest absolute Gasteiger partial charge is 0.311 e. The van der Waals surface area contributed by atoms with E-state index in [9.17, 15) is 9.90 Å². The van der Waals surface area contributed by atoms with Gasteiger partial charge in [0.25, 0.3) is 0 Å². The van der Waals surface area contributed by atoms with Gasteiger partial charge in [0, 0.05) is 0 Å². The maximum Gasteiger partial charge on any atom is 0.311 e. The highest BCUT2D eigenvalue weighted by Crippen LogP contribution is 2.29. The zero-order chi connectivity index (χ0) is 11.1. The number of hydrogen-bond donors (Lipinski definition) is 1. The molecule has 1 N–H and O–H groups in total. The van der Waals surface area contributed by atoms with Gasteiger partial charge in [-0.25, -0.2) is 0 Å². The Balaban J connectivity index is 1.97. The van der Waals surface area contributed by atoms with Crippen LogP contribution in [0, 0.1) is 5.92 Å². The summed E-state index contributed by atoms with van der Waals surface area (Å²) >= 11 is 0. The topological polar surface area (TPSA) is 65.0 Å². The summed E-state index contributed by atoms with van der Waals surface area (Å²) in [6.45, 7) is 4.27. The number of aliphatic hydroxyl groups excluding tert-OH is 1. The van der Waals surface area contributed by atoms with E-state index in [1.165, 1.54) is 0 Å². The molecule has 0 aromatic rings. The van der Waals surface area contributed by atoms with Crippen molar-refractivity contribution in [3.05, 3.63) is 0 Å². The predicted octanol–water partition coefficient (Wildman–Crippen LogP) is 0.0619. The van der Waals surface area contributed by atoms with Crippen molar-refractivity contribution in [3.8, 4) is 0 Å². The zero-order valence-corrected chi connectivity index (χ0v) is 8.93. The van der Waals surface area contributed by atoms with E-state index < -0.39 is 23.9 Å². The Bertz CT molecular complexity index is 263. The molecule has 5 nitrogen and oxygen atoms in total. The summed E-state index contributed by atoms with van der Waals surface area (Å²) < 4.78 is 15.6. The minimum Gasteiger partial charge on any atom is -0.465 e. The number of carbonyl (C=O) groups excluding carboxylic acids is 1. The van der Waals surface area contributed by atoms with Gasteiger partial charge in [-0.3, -0.25) is 4.79 Å². The highest BCUT2D eigenvalue weighted by Gasteiger charge is 2.43. The van der Waals surface area contributed by atoms with E-state index in [4.69, 9.17) is 14.2 Å². The van der Waals surface area contributed by atoms with Crippen LogP contribution in [-0.2, 0) is 19.0 Å². The molecule has 2 aliphatic heterocycles. The minimum atomic E-state index is -0.832. The summed E-state index contributed by atoms with van der Waals surface area (Å²) in [5, 5.41) is 9.95. The lowest BCUT2D eigenvalue weighted by atomic mass is 9.97. The second-order valence-corrected chi connectivity index (χ2v) is 4.42. The summed E-state index contributed by atoms with van der Waals surface area (Å²) in [6, 6.07) is 0. The molecule has 0 radical (unpaired) electrons. The molecule has 0 spiro atoms. The van der Waals surface area contributed by atoms with Crippen molar-refractivity contribution in [1.29, 1.82) is 0 Å². The Labute approximate surface area is 88.3 Å². The second-order valence-electron chi connectivity index (χ2n) is 4.42. The highest BCUT2D eigenvalue weighted by molar-refractivity contribution is 5.74. The molecule has 86 valence electrons. The van der Waals surface area contributed by atoms with Crippen LogP contribution in [0.4, 0.5) is 0 Å². The predicted molar refractivity (Wildman–Crippen MR) is 50.0 cm³/mol. The van der Waals surface area contributed by atoms with Crippen LogP contribution in [0.3, 0.4) is 0 Å². The van der Waals surface area contributed by atoms with Crippen molar-refractivity contribution in [1.82, 2.24) is 0 Å². The summed E-state index contributed by atoms with van der Waals surface area (Å²) in [5.74, 6) is -1.47. The van der Waals surface area contributed by atoms with Gasteiger partial charge in [-0.2, -0.15) is 0 Å². The molecule has 15 heavy (non-hydrogen) atoms. The molecule has 2 heterocycles. The van der Waals surface area contributed by atoms with Crippen LogP contribution in [0.2, 0.25) is 0 Å². The first-order valence-corrected chi connectivity index (χ1v) is 5.16. The third kappa shape index (κ3) is 2.14. The molecular formula is C10H16O5. The van der Waals surface area contributed by atoms with Crippen molar-refractivity contribution in [2.75, 3.05) is 13.2 Å². The molecule has 2 saturated heterocycles. The fourth-order valence-electron chi connectivity index (χ4n) is 1.96. The quantitative estimate of drug-likeness (QED) is 0.661. The zero-order valence-electron chi connectivity index (χ0n) is 8.93. The van der Waals surface area contributed by atoms with E-state index >= 15 is 0 Å². The van der Waals surface area contributed by atoms with Crippen molar-refractivity contribution < 1.29 is 24.1 Å². The average molecular weight is 216 g/mol. The maximum absolute atomic E-state index is 11.3. The summed E-state index contributed by atoms with van der Waals surface area (Å²) in [7, 11) is 0. The molecule has 2 rings (SSSR count). The van der Waals surface area contributed by atoms with Gasteiger partial charge >= 0.3 is 5.97 Å². The number of rotatable bonds is 2. The largest absolute Gasteiger partial charge is 0.465 e. The van der Waals surface area contributed by atoms with Crippen molar-refractivity contribution in [3.63, 3.8) is 0 Å². The van der Waals surface area contributed by atoms with E-state index in [0.29, 0.717) is 19.6 Å². The molecule has 0 bridgehead atoms. The van der Waals surface area contributed by atoms with E-state index in [1.54, 1.807) is 13.8 Å². The van der Waals surface area contributed by atoms with E-state index in [1.807, 2.05) is 0 Å². The number of ether oxygens (including phenoxy) is 3. The van der Waals surface area contributed by atoms with Gasteiger partial charge in [0.15, 0.2) is 5.79 Å². The standard InChI is InChI=1S/C10H16O5/c1-10(2)14-5-7(15-10)8(11)6-3-4-13-9(6)12/h6-8,11H,3-5H2,1-2H3/t6?,7-,8?/m1/s1. The first kappa shape index (κ1) is 10.9. The van der Waals surface area contributed by atoms with E-state index in [2.05, 4.69) is 0 Å². The fraction of sp³-hybridized carbons (Fsp3) is 0.900. The van der Waals surface area contributed by atoms with Gasteiger partial charge < -0.3 is 19.3 Å². The third-order valence-corrected chi connectivity index (χ3v) is 2.80. The van der Waals surface area contributed by atoms with Crippen LogP contribution in [0.5, 0.6) is 0 Å². The summed E-state index contributed by atoms with van der Waals surface area (Å²) in [4.78, 5) is 11.3. The van der Waals surface area contributed by atoms with Crippen LogP contribution in [-0.4, -0.2) is 42.3 Å². The third-order valence-electron chi connectivity index (χ3n) is 2.80. The monoisotopic (exact) mass is 216 g/mol. The van der Waals surface area contributed by atoms with Gasteiger partial charge in [0.2, 0.25) is 0 Å². The number of hydrogen-bond acceptors (Lipinski definition) is 5. The first-order valence-electron chi connectivity index (χ1n) is 5.16. The maximum atomic E-state index is 11.3. The molecule has 5 heteroatoms. The van der Waals surface area contributed by atoms with Crippen LogP contribution in [0.1, 0.15) is 20.3 Å². The molecule has 2 unspecified atom stereocenters. The van der Waals surface area contributed by atoms with Gasteiger partial charge in [0.05, 0.1) is 25.2 Å². The molecule has 2 fully saturated rings. The van der Waals surface area contributed by atoms with Gasteiger partial charge in [0.1, 0.15) is 6.10 Å². The minimum absolute atomic E-state index is 0.317. The van der Waals surface area contributed by atoms with Crippen LogP contribution < -0.4 is 0 Å². The fourth-order valence-corrected chi connectivity index (χ4v) is 1.96. The van der Waals surface area contributed by atoms with Crippen LogP contribution in [0.25, 0.3) is 0 Å². The summed E-state index contributed by atoms with van der Waals surface area (Å²) in [6.07, 6.45) is -0.710. The van der Waals surface area contributed by atoms with Crippen LogP contribution >= 0.6 is 0 Å². The van der Waals surface area contributed by atoms with Gasteiger partial charge in [-0.1, -0.05) is 0 Å². The molecule has 0 saturated carbocycles. The van der Waals surface area contributed by atoms with E-state index in [0.717, 1.165) is 0 Å². The number of aliphatic hydroxyl groups is 1. The lowest BCUT2D eigenvalue weighted by molar-refractivity contribution is -0.162. The Morgan fingerprint density at radius 3 is 2.73 bits per heavy atom. The van der Waals surface area contributed by atoms with Gasteiger partial charge in [-0.05, 0) is 20.3 Å². The van der Waals surface area contributed by atoms with Gasteiger partial charge in [-0.15, -0.1) is 0 Å². The Hall–Kier alpha value is -0.650. The Kier molecular flexibility index (Phi) is 2.70. The molecule has 0 aromatic carbocycles. The second kappa shape index (κ2) is 3.73. The van der Waals surface area contributed by atoms with Crippen molar-refractivity contribution in [2.24, 2.45) is 5.92 Å². The Morgan fingerprint density at radius 1 is 1.53 bits per heavy atom. The number of esters is 1. The normalized spacial score (nSPS) is 36.6. The molecule has 0 aliphatic carbocycles. The number of cyclic esters (lactones) is 1. The van der Waals surface area contributed by atoms with Crippen molar-refractivity contribution in [2.45, 2.75) is 38.3 Å². The van der Waals surface area contributed by atoms with E-state index in [-0.39, 0.29) is 5.97 Å². The average Bonchev–Trinajstić information content (AvgIpc) is 2.71. The number of carbonyl (C=O) groups is 1. The van der Waals surface area contributed by atoms with Crippen LogP contribution in [0.15, 0.2) is 0 Å². The van der Waals surface area contributed by atoms with Crippen molar-refractivity contribution >= 4 is 5.97 Å². The molecule has 3 atom stereocenters. The lowest BCUT2D eigenvalue weighted by Crippen LogP contribution is -2.38. The molecule has 0 amide bonds.